The van der Waals surface area contributed by atoms with Gasteiger partial charge in [-0.1, -0.05) is 33.3 Å². The Bertz CT molecular complexity index is 152. The minimum atomic E-state index is -0.302. The fourth-order valence-electron chi connectivity index (χ4n) is 1.18. The van der Waals surface area contributed by atoms with Crippen molar-refractivity contribution in [3.63, 3.8) is 0 Å². The third-order valence-corrected chi connectivity index (χ3v) is 2.03. The Kier molecular flexibility index (Phi) is 7.36. The standard InChI is InChI=1S/C11H20O2/c1-4-7-8-9-10(5-2)13-11(12)6-3/h6,10H,3-5,7-9H2,1-2H3/t10-/m1/s1. The second kappa shape index (κ2) is 7.84. The molecule has 0 aromatic heterocycles. The van der Waals surface area contributed by atoms with E-state index in [2.05, 4.69) is 13.5 Å². The van der Waals surface area contributed by atoms with E-state index in [4.69, 9.17) is 4.74 Å². The third kappa shape index (κ3) is 6.38. The molecule has 0 saturated heterocycles. The molecule has 0 aromatic rings. The molecule has 0 radical (unpaired) electrons. The summed E-state index contributed by atoms with van der Waals surface area (Å²) in [6.07, 6.45) is 6.72. The lowest BCUT2D eigenvalue weighted by Gasteiger charge is -2.14. The number of ether oxygens (including phenoxy) is 1. The molecule has 0 aliphatic rings. The number of carbonyl (C=O) groups excluding carboxylic acids is 1. The molecule has 0 saturated carbocycles. The quantitative estimate of drug-likeness (QED) is 0.345. The zero-order chi connectivity index (χ0) is 10.1. The first kappa shape index (κ1) is 12.2. The molecule has 0 rings (SSSR count). The molecule has 76 valence electrons. The summed E-state index contributed by atoms with van der Waals surface area (Å²) >= 11 is 0. The Morgan fingerprint density at radius 2 is 2.15 bits per heavy atom. The summed E-state index contributed by atoms with van der Waals surface area (Å²) in [6, 6.07) is 0. The second-order valence-electron chi connectivity index (χ2n) is 3.17. The maximum Gasteiger partial charge on any atom is 0.330 e. The van der Waals surface area contributed by atoms with Gasteiger partial charge in [0.2, 0.25) is 0 Å². The van der Waals surface area contributed by atoms with Gasteiger partial charge in [0.15, 0.2) is 0 Å². The summed E-state index contributed by atoms with van der Waals surface area (Å²) in [4.78, 5) is 10.9. The van der Waals surface area contributed by atoms with E-state index in [-0.39, 0.29) is 12.1 Å². The van der Waals surface area contributed by atoms with E-state index >= 15 is 0 Å². The molecule has 0 aliphatic heterocycles. The van der Waals surface area contributed by atoms with E-state index in [0.29, 0.717) is 0 Å². The monoisotopic (exact) mass is 184 g/mol. The van der Waals surface area contributed by atoms with Crippen molar-refractivity contribution in [2.24, 2.45) is 0 Å². The summed E-state index contributed by atoms with van der Waals surface area (Å²) in [5, 5.41) is 0. The summed E-state index contributed by atoms with van der Waals surface area (Å²) in [7, 11) is 0. The maximum absolute atomic E-state index is 10.9. The average Bonchev–Trinajstić information content (AvgIpc) is 2.16. The topological polar surface area (TPSA) is 26.3 Å². The molecule has 0 unspecified atom stereocenters. The Morgan fingerprint density at radius 3 is 2.62 bits per heavy atom. The van der Waals surface area contributed by atoms with Crippen LogP contribution in [0.4, 0.5) is 0 Å². The van der Waals surface area contributed by atoms with Gasteiger partial charge in [0.1, 0.15) is 6.10 Å². The molecule has 0 N–H and O–H groups in total. The largest absolute Gasteiger partial charge is 0.459 e. The highest BCUT2D eigenvalue weighted by molar-refractivity contribution is 5.81. The van der Waals surface area contributed by atoms with Crippen LogP contribution in [-0.4, -0.2) is 12.1 Å². The highest BCUT2D eigenvalue weighted by Crippen LogP contribution is 2.10. The zero-order valence-electron chi connectivity index (χ0n) is 8.71. The summed E-state index contributed by atoms with van der Waals surface area (Å²) in [5.74, 6) is -0.302. The van der Waals surface area contributed by atoms with Gasteiger partial charge in [-0.25, -0.2) is 4.79 Å². The predicted molar refractivity (Wildman–Crippen MR) is 54.5 cm³/mol. The zero-order valence-corrected chi connectivity index (χ0v) is 8.71. The van der Waals surface area contributed by atoms with Gasteiger partial charge in [-0.15, -0.1) is 0 Å². The van der Waals surface area contributed by atoms with Crippen LogP contribution in [0.5, 0.6) is 0 Å². The molecule has 2 heteroatoms. The van der Waals surface area contributed by atoms with Crippen LogP contribution in [0.25, 0.3) is 0 Å². The van der Waals surface area contributed by atoms with Crippen molar-refractivity contribution in [2.45, 2.75) is 52.1 Å². The molecule has 0 heterocycles. The Hall–Kier alpha value is -0.790. The average molecular weight is 184 g/mol. The molecule has 0 aliphatic carbocycles. The third-order valence-electron chi connectivity index (χ3n) is 2.03. The van der Waals surface area contributed by atoms with Crippen LogP contribution < -0.4 is 0 Å². The van der Waals surface area contributed by atoms with Crippen LogP contribution in [0.2, 0.25) is 0 Å². The molecule has 1 atom stereocenters. The van der Waals surface area contributed by atoms with Crippen LogP contribution in [0.1, 0.15) is 46.0 Å². The van der Waals surface area contributed by atoms with Gasteiger partial charge in [0.25, 0.3) is 0 Å². The molecule has 2 nitrogen and oxygen atoms in total. The van der Waals surface area contributed by atoms with Crippen molar-refractivity contribution >= 4 is 5.97 Å². The minimum Gasteiger partial charge on any atom is -0.459 e. The van der Waals surface area contributed by atoms with Crippen molar-refractivity contribution in [3.8, 4) is 0 Å². The smallest absolute Gasteiger partial charge is 0.330 e. The molecular formula is C11H20O2. The molecular weight excluding hydrogens is 164 g/mol. The highest BCUT2D eigenvalue weighted by atomic mass is 16.5. The number of hydrogen-bond acceptors (Lipinski definition) is 2. The lowest BCUT2D eigenvalue weighted by molar-refractivity contribution is -0.143. The Labute approximate surface area is 81.0 Å². The van der Waals surface area contributed by atoms with Crippen LogP contribution in [0.15, 0.2) is 12.7 Å². The highest BCUT2D eigenvalue weighted by Gasteiger charge is 2.08. The first-order valence-electron chi connectivity index (χ1n) is 5.07. The van der Waals surface area contributed by atoms with Crippen LogP contribution in [-0.2, 0) is 9.53 Å². The van der Waals surface area contributed by atoms with E-state index in [1.54, 1.807) is 0 Å². The second-order valence-corrected chi connectivity index (χ2v) is 3.17. The van der Waals surface area contributed by atoms with Crippen molar-refractivity contribution in [1.82, 2.24) is 0 Å². The van der Waals surface area contributed by atoms with Gasteiger partial charge >= 0.3 is 5.97 Å². The fourth-order valence-corrected chi connectivity index (χ4v) is 1.18. The van der Waals surface area contributed by atoms with E-state index < -0.39 is 0 Å². The van der Waals surface area contributed by atoms with Crippen LogP contribution in [0, 0.1) is 0 Å². The summed E-state index contributed by atoms with van der Waals surface area (Å²) in [6.45, 7) is 7.57. The van der Waals surface area contributed by atoms with E-state index in [0.717, 1.165) is 19.3 Å². The van der Waals surface area contributed by atoms with Crippen molar-refractivity contribution in [2.75, 3.05) is 0 Å². The lowest BCUT2D eigenvalue weighted by atomic mass is 10.1. The van der Waals surface area contributed by atoms with E-state index in [1.165, 1.54) is 18.9 Å². The van der Waals surface area contributed by atoms with Gasteiger partial charge in [-0.2, -0.15) is 0 Å². The Morgan fingerprint density at radius 1 is 1.46 bits per heavy atom. The molecule has 0 fully saturated rings. The number of rotatable bonds is 7. The van der Waals surface area contributed by atoms with Gasteiger partial charge in [-0.3, -0.25) is 0 Å². The molecule has 0 amide bonds. The molecule has 13 heavy (non-hydrogen) atoms. The molecule has 0 aromatic carbocycles. The fraction of sp³-hybridized carbons (Fsp3) is 0.727. The van der Waals surface area contributed by atoms with Gasteiger partial charge in [0.05, 0.1) is 0 Å². The molecule has 0 bridgehead atoms. The first-order chi connectivity index (χ1) is 6.24. The maximum atomic E-state index is 10.9. The number of carbonyl (C=O) groups is 1. The number of esters is 1. The summed E-state index contributed by atoms with van der Waals surface area (Å²) < 4.78 is 5.14. The van der Waals surface area contributed by atoms with Crippen molar-refractivity contribution in [1.29, 1.82) is 0 Å². The first-order valence-corrected chi connectivity index (χ1v) is 5.07. The van der Waals surface area contributed by atoms with Crippen LogP contribution >= 0.6 is 0 Å². The Balaban J connectivity index is 3.62. The van der Waals surface area contributed by atoms with Crippen molar-refractivity contribution in [3.05, 3.63) is 12.7 Å². The number of hydrogen-bond donors (Lipinski definition) is 0. The molecule has 0 spiro atoms. The predicted octanol–water partition coefficient (Wildman–Crippen LogP) is 3.07. The van der Waals surface area contributed by atoms with Gasteiger partial charge in [0, 0.05) is 6.08 Å². The van der Waals surface area contributed by atoms with Gasteiger partial charge < -0.3 is 4.74 Å². The lowest BCUT2D eigenvalue weighted by Crippen LogP contribution is -2.15. The van der Waals surface area contributed by atoms with E-state index in [1.807, 2.05) is 6.92 Å². The number of unbranched alkanes of at least 4 members (excludes halogenated alkanes) is 2. The van der Waals surface area contributed by atoms with Crippen LogP contribution in [0.3, 0.4) is 0 Å². The normalized spacial score (nSPS) is 12.2. The van der Waals surface area contributed by atoms with E-state index in [9.17, 15) is 4.79 Å². The van der Waals surface area contributed by atoms with Gasteiger partial charge in [-0.05, 0) is 19.3 Å². The minimum absolute atomic E-state index is 0.0806. The summed E-state index contributed by atoms with van der Waals surface area (Å²) in [5.41, 5.74) is 0. The SMILES string of the molecule is C=CC(=O)O[C@H](CC)CCCCC. The van der Waals surface area contributed by atoms with Crippen molar-refractivity contribution < 1.29 is 9.53 Å².